The Hall–Kier alpha value is -4.46. The van der Waals surface area contributed by atoms with E-state index in [4.69, 9.17) is 0 Å². The van der Waals surface area contributed by atoms with E-state index in [0.717, 1.165) is 77.6 Å². The van der Waals surface area contributed by atoms with Gasteiger partial charge in [0, 0.05) is 57.0 Å². The standard InChI is InChI=1S/C30H32N4O4/c1-15-9-20-12-25-17(3)21(5-7-29(35)36)27(33-25)14-28-22(6-8-30(37)38)18(4)26(34-28)13-24-16(2)10-19(32-24)11-23(15)31-20/h9-14,31-34H,5-8H2,1-4H3,(H,35,36)(H,37,38). The summed E-state index contributed by atoms with van der Waals surface area (Å²) in [7, 11) is 0. The van der Waals surface area contributed by atoms with E-state index in [0.29, 0.717) is 12.8 Å². The van der Waals surface area contributed by atoms with Crippen molar-refractivity contribution in [1.29, 1.82) is 0 Å². The summed E-state index contributed by atoms with van der Waals surface area (Å²) in [6.07, 6.45) is 8.98. The molecule has 0 spiro atoms. The summed E-state index contributed by atoms with van der Waals surface area (Å²) in [5.41, 5.74) is 9.75. The normalized spacial score (nSPS) is 12.3. The second kappa shape index (κ2) is 9.78. The van der Waals surface area contributed by atoms with Gasteiger partial charge in [0.05, 0.1) is 0 Å². The number of hydrogen-bond acceptors (Lipinski definition) is 2. The fraction of sp³-hybridized carbons (Fsp3) is 0.267. The molecule has 0 unspecified atom stereocenters. The van der Waals surface area contributed by atoms with Gasteiger partial charge in [-0.15, -0.1) is 0 Å². The number of aromatic amines is 4. The molecule has 0 radical (unpaired) electrons. The molecule has 0 saturated heterocycles. The summed E-state index contributed by atoms with van der Waals surface area (Å²) >= 11 is 0. The van der Waals surface area contributed by atoms with Crippen LogP contribution in [0.4, 0.5) is 0 Å². The van der Waals surface area contributed by atoms with Crippen molar-refractivity contribution in [1.82, 2.24) is 19.9 Å². The van der Waals surface area contributed by atoms with Crippen molar-refractivity contribution in [2.24, 2.45) is 0 Å². The van der Waals surface area contributed by atoms with E-state index < -0.39 is 11.9 Å². The highest BCUT2D eigenvalue weighted by molar-refractivity contribution is 5.69. The lowest BCUT2D eigenvalue weighted by atomic mass is 10.0. The number of aryl methyl sites for hydroxylation is 2. The van der Waals surface area contributed by atoms with Gasteiger partial charge in [0.2, 0.25) is 0 Å². The number of aliphatic carboxylic acids is 2. The molecule has 5 heterocycles. The molecule has 6 N–H and O–H groups in total. The predicted molar refractivity (Wildman–Crippen MR) is 147 cm³/mol. The monoisotopic (exact) mass is 512 g/mol. The summed E-state index contributed by atoms with van der Waals surface area (Å²) in [6, 6.07) is 4.21. The van der Waals surface area contributed by atoms with Crippen molar-refractivity contribution in [3.8, 4) is 0 Å². The quantitative estimate of drug-likeness (QED) is 0.207. The third-order valence-corrected chi connectivity index (χ3v) is 7.41. The van der Waals surface area contributed by atoms with Crippen LogP contribution < -0.4 is 21.4 Å². The summed E-state index contributed by atoms with van der Waals surface area (Å²) in [6.45, 7) is 8.13. The van der Waals surface area contributed by atoms with Gasteiger partial charge < -0.3 is 30.1 Å². The molecule has 1 aliphatic rings. The van der Waals surface area contributed by atoms with Crippen LogP contribution in [0.2, 0.25) is 0 Å². The number of carboxylic acids is 2. The van der Waals surface area contributed by atoms with Crippen molar-refractivity contribution in [3.63, 3.8) is 0 Å². The third kappa shape index (κ3) is 4.89. The molecule has 0 atom stereocenters. The molecule has 8 nitrogen and oxygen atoms in total. The van der Waals surface area contributed by atoms with Gasteiger partial charge in [0.15, 0.2) is 0 Å². The molecular formula is C30H32N4O4. The molecule has 0 amide bonds. The van der Waals surface area contributed by atoms with Gasteiger partial charge in [-0.1, -0.05) is 0 Å². The minimum absolute atomic E-state index is 0.0164. The van der Waals surface area contributed by atoms with Crippen molar-refractivity contribution < 1.29 is 19.8 Å². The second-order valence-corrected chi connectivity index (χ2v) is 10.1. The summed E-state index contributed by atoms with van der Waals surface area (Å²) in [5.74, 6) is -1.70. The highest BCUT2D eigenvalue weighted by Crippen LogP contribution is 2.22. The highest BCUT2D eigenvalue weighted by atomic mass is 16.4. The van der Waals surface area contributed by atoms with Crippen molar-refractivity contribution >= 4 is 36.2 Å². The van der Waals surface area contributed by atoms with E-state index >= 15 is 0 Å². The number of nitrogens with one attached hydrogen (secondary N) is 4. The molecule has 1 aliphatic heterocycles. The number of fused-ring (bicyclic) bond motifs is 8. The molecule has 4 aromatic rings. The molecule has 0 fully saturated rings. The molecule has 0 aromatic carbocycles. The first-order chi connectivity index (χ1) is 18.1. The largest absolute Gasteiger partial charge is 0.481 e. The Morgan fingerprint density at radius 3 is 2.03 bits per heavy atom. The molecule has 38 heavy (non-hydrogen) atoms. The second-order valence-electron chi connectivity index (χ2n) is 10.1. The Labute approximate surface area is 219 Å². The molecule has 8 bridgehead atoms. The first-order valence-electron chi connectivity index (χ1n) is 12.7. The maximum absolute atomic E-state index is 11.4. The van der Waals surface area contributed by atoms with Gasteiger partial charge in [0.1, 0.15) is 0 Å². The van der Waals surface area contributed by atoms with Crippen molar-refractivity contribution in [2.45, 2.75) is 53.4 Å². The van der Waals surface area contributed by atoms with E-state index in [1.54, 1.807) is 0 Å². The van der Waals surface area contributed by atoms with Crippen molar-refractivity contribution in [3.05, 3.63) is 89.7 Å². The number of carbonyl (C=O) groups is 2. The first-order valence-corrected chi connectivity index (χ1v) is 12.7. The Morgan fingerprint density at radius 1 is 0.632 bits per heavy atom. The maximum atomic E-state index is 11.4. The molecule has 0 saturated carbocycles. The van der Waals surface area contributed by atoms with E-state index in [-0.39, 0.29) is 12.8 Å². The molecule has 5 rings (SSSR count). The van der Waals surface area contributed by atoms with E-state index in [1.807, 2.05) is 26.0 Å². The molecule has 196 valence electrons. The maximum Gasteiger partial charge on any atom is 0.303 e. The van der Waals surface area contributed by atoms with Gasteiger partial charge in [0.25, 0.3) is 0 Å². The van der Waals surface area contributed by atoms with Gasteiger partial charge in [-0.25, -0.2) is 0 Å². The first kappa shape index (κ1) is 25.2. The smallest absolute Gasteiger partial charge is 0.303 e. The fourth-order valence-corrected chi connectivity index (χ4v) is 5.26. The van der Waals surface area contributed by atoms with Crippen LogP contribution in [0.1, 0.15) is 69.0 Å². The number of hydrogen-bond donors (Lipinski definition) is 6. The zero-order valence-corrected chi connectivity index (χ0v) is 22.0. The van der Waals surface area contributed by atoms with Crippen LogP contribution in [0.3, 0.4) is 0 Å². The van der Waals surface area contributed by atoms with E-state index in [1.165, 1.54) is 0 Å². The Bertz CT molecular complexity index is 1820. The average molecular weight is 513 g/mol. The summed E-state index contributed by atoms with van der Waals surface area (Å²) in [5, 5.41) is 22.4. The Kier molecular flexibility index (Phi) is 6.48. The molecule has 4 aromatic heterocycles. The van der Waals surface area contributed by atoms with Crippen LogP contribution in [0.25, 0.3) is 24.3 Å². The summed E-state index contributed by atoms with van der Waals surface area (Å²) < 4.78 is 0. The minimum Gasteiger partial charge on any atom is -0.481 e. The predicted octanol–water partition coefficient (Wildman–Crippen LogP) is 1.90. The molecule has 0 aliphatic carbocycles. The lowest BCUT2D eigenvalue weighted by Crippen LogP contribution is -2.14. The highest BCUT2D eigenvalue weighted by Gasteiger charge is 2.15. The van der Waals surface area contributed by atoms with Gasteiger partial charge in [-0.3, -0.25) is 9.59 Å². The zero-order valence-electron chi connectivity index (χ0n) is 22.0. The minimum atomic E-state index is -0.851. The van der Waals surface area contributed by atoms with Crippen LogP contribution in [-0.2, 0) is 22.4 Å². The van der Waals surface area contributed by atoms with Crippen LogP contribution in [0.15, 0.2) is 12.1 Å². The fourth-order valence-electron chi connectivity index (χ4n) is 5.26. The number of aromatic nitrogens is 4. The Balaban J connectivity index is 1.84. The van der Waals surface area contributed by atoms with Crippen molar-refractivity contribution in [2.75, 3.05) is 0 Å². The molecular weight excluding hydrogens is 480 g/mol. The Morgan fingerprint density at radius 2 is 1.32 bits per heavy atom. The van der Waals surface area contributed by atoms with Crippen LogP contribution >= 0.6 is 0 Å². The summed E-state index contributed by atoms with van der Waals surface area (Å²) in [4.78, 5) is 36.9. The topological polar surface area (TPSA) is 138 Å². The number of carboxylic acid groups (broad SMARTS) is 2. The van der Waals surface area contributed by atoms with Gasteiger partial charge in [-0.05, 0) is 110 Å². The van der Waals surface area contributed by atoms with E-state index in [2.05, 4.69) is 58.1 Å². The van der Waals surface area contributed by atoms with Crippen LogP contribution in [-0.4, -0.2) is 42.1 Å². The lowest BCUT2D eigenvalue weighted by Gasteiger charge is -2.01. The lowest BCUT2D eigenvalue weighted by molar-refractivity contribution is -0.138. The third-order valence-electron chi connectivity index (χ3n) is 7.41. The SMILES string of the molecule is Cc1cc2[nH]c1C=c1[nH]c(c(CCC(=O)O)c1C)=Cc1[nH]c(c(C)c1CCC(=O)O)C=c1cc(C)c([nH]1)=C2. The van der Waals surface area contributed by atoms with E-state index in [9.17, 15) is 19.8 Å². The van der Waals surface area contributed by atoms with Crippen LogP contribution in [0, 0.1) is 27.7 Å². The number of rotatable bonds is 6. The number of H-pyrrole nitrogens is 4. The molecule has 8 heteroatoms. The average Bonchev–Trinajstić information content (AvgIpc) is 3.53. The zero-order chi connectivity index (χ0) is 27.1. The van der Waals surface area contributed by atoms with Gasteiger partial charge >= 0.3 is 11.9 Å². The van der Waals surface area contributed by atoms with Crippen LogP contribution in [0.5, 0.6) is 0 Å². The van der Waals surface area contributed by atoms with Gasteiger partial charge in [-0.2, -0.15) is 0 Å².